The molecule has 1 aliphatic rings. The third-order valence-electron chi connectivity index (χ3n) is 2.41. The normalized spacial score (nSPS) is 14.5. The third-order valence-corrected chi connectivity index (χ3v) is 2.41. The molecule has 0 unspecified atom stereocenters. The van der Waals surface area contributed by atoms with E-state index < -0.39 is 5.97 Å². The summed E-state index contributed by atoms with van der Waals surface area (Å²) >= 11 is 0. The Kier molecular flexibility index (Phi) is 2.07. The number of carboxylic acids is 1. The number of nitrogens with one attached hydrogen (secondary N) is 1. The van der Waals surface area contributed by atoms with Crippen LogP contribution in [0.3, 0.4) is 0 Å². The number of aromatic carboxylic acids is 1. The maximum atomic E-state index is 11.4. The fourth-order valence-electron chi connectivity index (χ4n) is 1.52. The van der Waals surface area contributed by atoms with Crippen molar-refractivity contribution in [2.75, 3.05) is 23.8 Å². The minimum atomic E-state index is -0.996. The van der Waals surface area contributed by atoms with Gasteiger partial charge in [0.25, 0.3) is 0 Å². The molecule has 1 amide bonds. The predicted octanol–water partition coefficient (Wildman–Crippen LogP) is 0.773. The molecule has 2 rings (SSSR count). The molecule has 0 saturated heterocycles. The Morgan fingerprint density at radius 1 is 1.53 bits per heavy atom. The number of nitrogens with zero attached hydrogens (tertiary/aromatic N) is 1. The molecule has 0 spiro atoms. The fourth-order valence-corrected chi connectivity index (χ4v) is 1.52. The van der Waals surface area contributed by atoms with Crippen LogP contribution in [0, 0.1) is 0 Å². The Morgan fingerprint density at radius 2 is 2.27 bits per heavy atom. The molecule has 1 aromatic carbocycles. The Balaban J connectivity index is 2.50. The number of hydrogen-bond acceptors (Lipinski definition) is 3. The lowest BCUT2D eigenvalue weighted by Crippen LogP contribution is -2.36. The number of rotatable bonds is 1. The first-order valence-corrected chi connectivity index (χ1v) is 4.47. The van der Waals surface area contributed by atoms with Gasteiger partial charge in [0.2, 0.25) is 5.91 Å². The van der Waals surface area contributed by atoms with E-state index in [1.807, 2.05) is 0 Å². The summed E-state index contributed by atoms with van der Waals surface area (Å²) in [4.78, 5) is 23.6. The molecule has 5 nitrogen and oxygen atoms in total. The predicted molar refractivity (Wildman–Crippen MR) is 55.3 cm³/mol. The summed E-state index contributed by atoms with van der Waals surface area (Å²) in [5, 5.41) is 11.7. The fraction of sp³-hybridized carbons (Fsp3) is 0.200. The van der Waals surface area contributed by atoms with Gasteiger partial charge in [-0.25, -0.2) is 4.79 Å². The van der Waals surface area contributed by atoms with E-state index in [2.05, 4.69) is 5.32 Å². The lowest BCUT2D eigenvalue weighted by atomic mass is 10.1. The van der Waals surface area contributed by atoms with E-state index in [4.69, 9.17) is 5.11 Å². The number of carbonyl (C=O) groups excluding carboxylic acids is 1. The summed E-state index contributed by atoms with van der Waals surface area (Å²) in [6, 6.07) is 4.67. The van der Waals surface area contributed by atoms with E-state index >= 15 is 0 Å². The number of likely N-dealkylation sites (N-methyl/N-ethyl adjacent to an activating group) is 1. The number of anilines is 2. The van der Waals surface area contributed by atoms with Crippen LogP contribution in [0.1, 0.15) is 10.4 Å². The van der Waals surface area contributed by atoms with Gasteiger partial charge in [0.1, 0.15) is 0 Å². The summed E-state index contributed by atoms with van der Waals surface area (Å²) < 4.78 is 0. The summed E-state index contributed by atoms with van der Waals surface area (Å²) in [5.74, 6) is -1.07. The van der Waals surface area contributed by atoms with Crippen LogP contribution in [-0.2, 0) is 4.79 Å². The van der Waals surface area contributed by atoms with Crippen molar-refractivity contribution in [2.24, 2.45) is 0 Å². The number of benzene rings is 1. The minimum Gasteiger partial charge on any atom is -0.478 e. The van der Waals surface area contributed by atoms with Crippen LogP contribution in [0.15, 0.2) is 18.2 Å². The summed E-state index contributed by atoms with van der Waals surface area (Å²) in [7, 11) is 1.63. The van der Waals surface area contributed by atoms with Gasteiger partial charge in [-0.15, -0.1) is 0 Å². The van der Waals surface area contributed by atoms with Crippen LogP contribution in [0.4, 0.5) is 11.4 Å². The van der Waals surface area contributed by atoms with E-state index in [1.54, 1.807) is 13.1 Å². The molecule has 1 aliphatic heterocycles. The van der Waals surface area contributed by atoms with Crippen molar-refractivity contribution in [2.45, 2.75) is 0 Å². The van der Waals surface area contributed by atoms with Crippen molar-refractivity contribution in [3.63, 3.8) is 0 Å². The molecule has 0 fully saturated rings. The van der Waals surface area contributed by atoms with Gasteiger partial charge in [-0.05, 0) is 18.2 Å². The maximum absolute atomic E-state index is 11.4. The van der Waals surface area contributed by atoms with Gasteiger partial charge in [0, 0.05) is 7.05 Å². The van der Waals surface area contributed by atoms with E-state index in [9.17, 15) is 9.59 Å². The second kappa shape index (κ2) is 3.27. The zero-order chi connectivity index (χ0) is 11.0. The second-order valence-corrected chi connectivity index (χ2v) is 3.34. The molecule has 2 N–H and O–H groups in total. The highest BCUT2D eigenvalue weighted by Crippen LogP contribution is 2.29. The molecule has 0 atom stereocenters. The Labute approximate surface area is 86.3 Å². The van der Waals surface area contributed by atoms with Crippen LogP contribution in [0.5, 0.6) is 0 Å². The third kappa shape index (κ3) is 1.52. The van der Waals surface area contributed by atoms with Gasteiger partial charge in [0.05, 0.1) is 23.5 Å². The van der Waals surface area contributed by atoms with Gasteiger partial charge in [0.15, 0.2) is 0 Å². The van der Waals surface area contributed by atoms with Gasteiger partial charge in [-0.2, -0.15) is 0 Å². The maximum Gasteiger partial charge on any atom is 0.335 e. The molecular weight excluding hydrogens is 196 g/mol. The van der Waals surface area contributed by atoms with Crippen molar-refractivity contribution >= 4 is 23.3 Å². The summed E-state index contributed by atoms with van der Waals surface area (Å²) in [5.41, 5.74) is 1.56. The Bertz CT molecular complexity index is 442. The van der Waals surface area contributed by atoms with Crippen molar-refractivity contribution in [3.8, 4) is 0 Å². The average Bonchev–Trinajstić information content (AvgIpc) is 2.23. The molecule has 78 valence electrons. The lowest BCUT2D eigenvalue weighted by molar-refractivity contribution is -0.116. The quantitative estimate of drug-likeness (QED) is 0.712. The number of fused-ring (bicyclic) bond motifs is 1. The van der Waals surface area contributed by atoms with Crippen LogP contribution in [0.25, 0.3) is 0 Å². The summed E-state index contributed by atoms with van der Waals surface area (Å²) in [6.07, 6.45) is 0. The second-order valence-electron chi connectivity index (χ2n) is 3.34. The average molecular weight is 206 g/mol. The molecule has 0 bridgehead atoms. The molecule has 1 heterocycles. The molecule has 0 aromatic heterocycles. The largest absolute Gasteiger partial charge is 0.478 e. The minimum absolute atomic E-state index is 0.0787. The zero-order valence-electron chi connectivity index (χ0n) is 8.15. The first-order valence-electron chi connectivity index (χ1n) is 4.47. The number of carboxylic acid groups (broad SMARTS) is 1. The van der Waals surface area contributed by atoms with Gasteiger partial charge >= 0.3 is 5.97 Å². The highest BCUT2D eigenvalue weighted by molar-refractivity contribution is 6.03. The smallest absolute Gasteiger partial charge is 0.335 e. The van der Waals surface area contributed by atoms with Crippen molar-refractivity contribution < 1.29 is 14.7 Å². The lowest BCUT2D eigenvalue weighted by Gasteiger charge is -2.26. The van der Waals surface area contributed by atoms with Crippen molar-refractivity contribution in [1.82, 2.24) is 0 Å². The van der Waals surface area contributed by atoms with Crippen LogP contribution in [0.2, 0.25) is 0 Å². The van der Waals surface area contributed by atoms with Gasteiger partial charge in [-0.1, -0.05) is 0 Å². The number of hydrogen-bond donors (Lipinski definition) is 2. The molecule has 0 aliphatic carbocycles. The Morgan fingerprint density at radius 3 is 2.93 bits per heavy atom. The SMILES string of the molecule is CN1C(=O)CNc2ccc(C(=O)O)cc21. The van der Waals surface area contributed by atoms with E-state index in [0.717, 1.165) is 5.69 Å². The van der Waals surface area contributed by atoms with Crippen molar-refractivity contribution in [3.05, 3.63) is 23.8 Å². The first-order chi connectivity index (χ1) is 7.09. The van der Waals surface area contributed by atoms with E-state index in [0.29, 0.717) is 5.69 Å². The highest BCUT2D eigenvalue weighted by atomic mass is 16.4. The van der Waals surface area contributed by atoms with E-state index in [1.165, 1.54) is 17.0 Å². The van der Waals surface area contributed by atoms with Crippen LogP contribution < -0.4 is 10.2 Å². The molecule has 15 heavy (non-hydrogen) atoms. The van der Waals surface area contributed by atoms with Crippen LogP contribution in [-0.4, -0.2) is 30.6 Å². The molecule has 0 radical (unpaired) electrons. The van der Waals surface area contributed by atoms with E-state index in [-0.39, 0.29) is 18.0 Å². The number of carbonyl (C=O) groups is 2. The van der Waals surface area contributed by atoms with Gasteiger partial charge in [-0.3, -0.25) is 4.79 Å². The summed E-state index contributed by atoms with van der Waals surface area (Å²) in [6.45, 7) is 0.246. The molecule has 5 heteroatoms. The van der Waals surface area contributed by atoms with Crippen LogP contribution >= 0.6 is 0 Å². The standard InChI is InChI=1S/C10H10N2O3/c1-12-8-4-6(10(14)15)2-3-7(8)11-5-9(12)13/h2-4,11H,5H2,1H3,(H,14,15). The Hall–Kier alpha value is -2.04. The zero-order valence-corrected chi connectivity index (χ0v) is 8.15. The van der Waals surface area contributed by atoms with Gasteiger partial charge < -0.3 is 15.3 Å². The topological polar surface area (TPSA) is 69.6 Å². The molecule has 0 saturated carbocycles. The first kappa shape index (κ1) is 9.51. The number of amides is 1. The highest BCUT2D eigenvalue weighted by Gasteiger charge is 2.21. The molecular formula is C10H10N2O3. The monoisotopic (exact) mass is 206 g/mol. The van der Waals surface area contributed by atoms with Crippen molar-refractivity contribution in [1.29, 1.82) is 0 Å². The molecule has 1 aromatic rings.